The minimum absolute atomic E-state index is 0.0508. The van der Waals surface area contributed by atoms with Gasteiger partial charge >= 0.3 is 6.18 Å². The zero-order valence-electron chi connectivity index (χ0n) is 5.66. The molecule has 0 aliphatic rings. The molecule has 0 rings (SSSR count). The summed E-state index contributed by atoms with van der Waals surface area (Å²) in [6.45, 7) is 0. The third-order valence-corrected chi connectivity index (χ3v) is 2.03. The van der Waals surface area contributed by atoms with Crippen LogP contribution in [0.4, 0.5) is 13.2 Å². The second kappa shape index (κ2) is 4.60. The van der Waals surface area contributed by atoms with Crippen molar-refractivity contribution in [2.75, 3.05) is 5.33 Å². The van der Waals surface area contributed by atoms with Gasteiger partial charge in [0.2, 0.25) is 0 Å². The SMILES string of the molecule is N#CCC(CBr)CC(F)(F)F. The van der Waals surface area contributed by atoms with E-state index in [0.29, 0.717) is 0 Å². The molecule has 11 heavy (non-hydrogen) atoms. The molecule has 0 bridgehead atoms. The molecule has 0 aromatic carbocycles. The number of hydrogen-bond acceptors (Lipinski definition) is 1. The lowest BCUT2D eigenvalue weighted by Gasteiger charge is -2.11. The molecular weight excluding hydrogens is 223 g/mol. The summed E-state index contributed by atoms with van der Waals surface area (Å²) in [7, 11) is 0. The van der Waals surface area contributed by atoms with Gasteiger partial charge < -0.3 is 0 Å². The smallest absolute Gasteiger partial charge is 0.198 e. The molecule has 0 aliphatic carbocycles. The van der Waals surface area contributed by atoms with E-state index in [1.807, 2.05) is 0 Å². The highest BCUT2D eigenvalue weighted by atomic mass is 79.9. The fourth-order valence-electron chi connectivity index (χ4n) is 0.638. The van der Waals surface area contributed by atoms with Crippen LogP contribution in [0.3, 0.4) is 0 Å². The number of alkyl halides is 4. The van der Waals surface area contributed by atoms with Crippen molar-refractivity contribution < 1.29 is 13.2 Å². The van der Waals surface area contributed by atoms with E-state index in [2.05, 4.69) is 15.9 Å². The number of hydrogen-bond donors (Lipinski definition) is 0. The molecule has 1 nitrogen and oxygen atoms in total. The Morgan fingerprint density at radius 3 is 2.27 bits per heavy atom. The predicted octanol–water partition coefficient (Wildman–Crippen LogP) is 2.86. The Balaban J connectivity index is 3.80. The van der Waals surface area contributed by atoms with Gasteiger partial charge in [-0.2, -0.15) is 18.4 Å². The molecule has 0 spiro atoms. The van der Waals surface area contributed by atoms with Gasteiger partial charge in [0, 0.05) is 18.2 Å². The summed E-state index contributed by atoms with van der Waals surface area (Å²) in [6, 6.07) is 1.71. The molecule has 0 radical (unpaired) electrons. The third-order valence-electron chi connectivity index (χ3n) is 1.12. The highest BCUT2D eigenvalue weighted by Gasteiger charge is 2.31. The molecule has 0 aliphatic heterocycles. The van der Waals surface area contributed by atoms with Crippen molar-refractivity contribution in [3.05, 3.63) is 0 Å². The highest BCUT2D eigenvalue weighted by Crippen LogP contribution is 2.27. The van der Waals surface area contributed by atoms with Crippen molar-refractivity contribution in [2.24, 2.45) is 5.92 Å². The maximum absolute atomic E-state index is 11.7. The summed E-state index contributed by atoms with van der Waals surface area (Å²) in [6.07, 6.45) is -5.09. The molecule has 0 aromatic heterocycles. The third kappa shape index (κ3) is 6.17. The summed E-state index contributed by atoms with van der Waals surface area (Å²) in [4.78, 5) is 0. The van der Waals surface area contributed by atoms with Crippen LogP contribution in [0.25, 0.3) is 0 Å². The van der Waals surface area contributed by atoms with Gasteiger partial charge in [0.25, 0.3) is 0 Å². The van der Waals surface area contributed by atoms with Crippen molar-refractivity contribution >= 4 is 15.9 Å². The van der Waals surface area contributed by atoms with E-state index in [1.165, 1.54) is 0 Å². The predicted molar refractivity (Wildman–Crippen MR) is 38.2 cm³/mol. The Labute approximate surface area is 71.3 Å². The lowest BCUT2D eigenvalue weighted by atomic mass is 10.1. The van der Waals surface area contributed by atoms with Crippen LogP contribution in [0.2, 0.25) is 0 Å². The number of nitrogens with zero attached hydrogens (tertiary/aromatic N) is 1. The highest BCUT2D eigenvalue weighted by molar-refractivity contribution is 9.09. The van der Waals surface area contributed by atoms with Crippen LogP contribution in [-0.2, 0) is 0 Å². The molecule has 0 saturated heterocycles. The largest absolute Gasteiger partial charge is 0.389 e. The van der Waals surface area contributed by atoms with E-state index in [1.54, 1.807) is 6.07 Å². The van der Waals surface area contributed by atoms with Gasteiger partial charge in [0.05, 0.1) is 6.07 Å². The van der Waals surface area contributed by atoms with E-state index >= 15 is 0 Å². The summed E-state index contributed by atoms with van der Waals surface area (Å²) in [5.41, 5.74) is 0. The van der Waals surface area contributed by atoms with E-state index in [0.717, 1.165) is 0 Å². The van der Waals surface area contributed by atoms with Crippen molar-refractivity contribution in [2.45, 2.75) is 19.0 Å². The van der Waals surface area contributed by atoms with Gasteiger partial charge in [-0.15, -0.1) is 0 Å². The summed E-state index contributed by atoms with van der Waals surface area (Å²) >= 11 is 2.92. The van der Waals surface area contributed by atoms with E-state index in [9.17, 15) is 13.2 Å². The minimum Gasteiger partial charge on any atom is -0.198 e. The monoisotopic (exact) mass is 229 g/mol. The van der Waals surface area contributed by atoms with Crippen LogP contribution in [0, 0.1) is 17.2 Å². The second-order valence-corrected chi connectivity index (χ2v) is 2.85. The van der Waals surface area contributed by atoms with Crippen LogP contribution >= 0.6 is 15.9 Å². The summed E-state index contributed by atoms with van der Waals surface area (Å²) < 4.78 is 35.1. The van der Waals surface area contributed by atoms with Crippen LogP contribution in [0.5, 0.6) is 0 Å². The van der Waals surface area contributed by atoms with Crippen molar-refractivity contribution in [1.29, 1.82) is 5.26 Å². The maximum atomic E-state index is 11.7. The fourth-order valence-corrected chi connectivity index (χ4v) is 1.10. The molecule has 0 fully saturated rings. The lowest BCUT2D eigenvalue weighted by Crippen LogP contribution is -2.15. The molecule has 1 unspecified atom stereocenters. The summed E-state index contributed by atoms with van der Waals surface area (Å²) in [5, 5.41) is 8.35. The Morgan fingerprint density at radius 2 is 2.00 bits per heavy atom. The van der Waals surface area contributed by atoms with Gasteiger partial charge in [-0.05, 0) is 5.92 Å². The van der Waals surface area contributed by atoms with Gasteiger partial charge in [-0.3, -0.25) is 0 Å². The lowest BCUT2D eigenvalue weighted by molar-refractivity contribution is -0.142. The van der Waals surface area contributed by atoms with Crippen LogP contribution in [0.15, 0.2) is 0 Å². The van der Waals surface area contributed by atoms with E-state index < -0.39 is 18.5 Å². The van der Waals surface area contributed by atoms with Gasteiger partial charge in [-0.25, -0.2) is 0 Å². The maximum Gasteiger partial charge on any atom is 0.389 e. The van der Waals surface area contributed by atoms with E-state index in [-0.39, 0.29) is 11.8 Å². The molecule has 0 saturated carbocycles. The van der Waals surface area contributed by atoms with Crippen molar-refractivity contribution in [3.63, 3.8) is 0 Å². The van der Waals surface area contributed by atoms with Gasteiger partial charge in [-0.1, -0.05) is 15.9 Å². The number of rotatable bonds is 3. The van der Waals surface area contributed by atoms with Crippen LogP contribution < -0.4 is 0 Å². The molecule has 0 aromatic rings. The zero-order valence-corrected chi connectivity index (χ0v) is 7.24. The first-order chi connectivity index (χ1) is 4.99. The zero-order chi connectivity index (χ0) is 8.91. The Kier molecular flexibility index (Phi) is 4.50. The Bertz CT molecular complexity index is 149. The molecule has 64 valence electrons. The van der Waals surface area contributed by atoms with Crippen LogP contribution in [0.1, 0.15) is 12.8 Å². The molecule has 1 atom stereocenters. The fraction of sp³-hybridized carbons (Fsp3) is 0.833. The average Bonchev–Trinajstić information content (AvgIpc) is 1.84. The van der Waals surface area contributed by atoms with Crippen molar-refractivity contribution in [1.82, 2.24) is 0 Å². The topological polar surface area (TPSA) is 23.8 Å². The minimum atomic E-state index is -4.16. The number of halogens is 4. The van der Waals surface area contributed by atoms with E-state index in [4.69, 9.17) is 5.26 Å². The quantitative estimate of drug-likeness (QED) is 0.684. The van der Waals surface area contributed by atoms with Gasteiger partial charge in [0.1, 0.15) is 0 Å². The molecular formula is C6H7BrF3N. The summed E-state index contributed by atoms with van der Waals surface area (Å²) in [5.74, 6) is -0.611. The normalized spacial score (nSPS) is 14.1. The molecule has 0 N–H and O–H groups in total. The molecule has 0 amide bonds. The Hall–Kier alpha value is -0.240. The number of nitriles is 1. The standard InChI is InChI=1S/C6H7BrF3N/c7-4-5(1-2-11)3-6(8,9)10/h5H,1,3-4H2. The first-order valence-electron chi connectivity index (χ1n) is 2.99. The molecule has 0 heterocycles. The Morgan fingerprint density at radius 1 is 1.45 bits per heavy atom. The van der Waals surface area contributed by atoms with Crippen LogP contribution in [-0.4, -0.2) is 11.5 Å². The first-order valence-corrected chi connectivity index (χ1v) is 4.11. The van der Waals surface area contributed by atoms with Crippen molar-refractivity contribution in [3.8, 4) is 6.07 Å². The second-order valence-electron chi connectivity index (χ2n) is 2.20. The van der Waals surface area contributed by atoms with Gasteiger partial charge in [0.15, 0.2) is 0 Å². The molecule has 5 heteroatoms. The average molecular weight is 230 g/mol. The first kappa shape index (κ1) is 10.8.